The van der Waals surface area contributed by atoms with Crippen LogP contribution in [0.3, 0.4) is 0 Å². The van der Waals surface area contributed by atoms with Gasteiger partial charge in [0.2, 0.25) is 0 Å². The van der Waals surface area contributed by atoms with Crippen LogP contribution >= 0.6 is 27.7 Å². The Kier molecular flexibility index (Phi) is 3.82. The third-order valence-electron chi connectivity index (χ3n) is 2.09. The van der Waals surface area contributed by atoms with Gasteiger partial charge in [0.15, 0.2) is 0 Å². The highest BCUT2D eigenvalue weighted by Crippen LogP contribution is 2.31. The Bertz CT molecular complexity index is 592. The monoisotopic (exact) mass is 307 g/mol. The maximum Gasteiger partial charge on any atom is 0.124 e. The van der Waals surface area contributed by atoms with Gasteiger partial charge in [0, 0.05) is 14.3 Å². The SMILES string of the molecule is N#Cc1cc(F)ccc1Sc1cccc(Br)c1. The molecule has 84 valence electrons. The van der Waals surface area contributed by atoms with E-state index in [2.05, 4.69) is 15.9 Å². The van der Waals surface area contributed by atoms with Crippen LogP contribution in [0.25, 0.3) is 0 Å². The van der Waals surface area contributed by atoms with E-state index in [0.29, 0.717) is 5.56 Å². The molecule has 2 aromatic rings. The van der Waals surface area contributed by atoms with Gasteiger partial charge >= 0.3 is 0 Å². The van der Waals surface area contributed by atoms with Crippen molar-refractivity contribution in [1.29, 1.82) is 5.26 Å². The molecule has 2 aromatic carbocycles. The topological polar surface area (TPSA) is 23.8 Å². The fourth-order valence-electron chi connectivity index (χ4n) is 1.34. The standard InChI is InChI=1S/C13H7BrFNS/c14-10-2-1-3-12(7-10)17-13-5-4-11(15)6-9(13)8-16/h1-7H. The molecule has 0 radical (unpaired) electrons. The highest BCUT2D eigenvalue weighted by molar-refractivity contribution is 9.10. The van der Waals surface area contributed by atoms with Crippen molar-refractivity contribution in [2.24, 2.45) is 0 Å². The molecule has 0 fully saturated rings. The summed E-state index contributed by atoms with van der Waals surface area (Å²) in [6.07, 6.45) is 0. The summed E-state index contributed by atoms with van der Waals surface area (Å²) in [5.74, 6) is -0.389. The third kappa shape index (κ3) is 3.09. The second-order valence-electron chi connectivity index (χ2n) is 3.31. The van der Waals surface area contributed by atoms with Crippen molar-refractivity contribution in [3.8, 4) is 6.07 Å². The zero-order valence-electron chi connectivity index (χ0n) is 8.65. The predicted octanol–water partition coefficient (Wildman–Crippen LogP) is 4.61. The number of benzene rings is 2. The molecule has 0 aliphatic rings. The Balaban J connectivity index is 2.34. The molecule has 0 atom stereocenters. The second-order valence-corrected chi connectivity index (χ2v) is 5.34. The quantitative estimate of drug-likeness (QED) is 0.809. The molecule has 0 heterocycles. The smallest absolute Gasteiger partial charge is 0.124 e. The molecule has 0 spiro atoms. The van der Waals surface area contributed by atoms with E-state index in [9.17, 15) is 4.39 Å². The molecule has 0 saturated carbocycles. The summed E-state index contributed by atoms with van der Waals surface area (Å²) >= 11 is 4.83. The van der Waals surface area contributed by atoms with Crippen molar-refractivity contribution < 1.29 is 4.39 Å². The molecule has 4 heteroatoms. The lowest BCUT2D eigenvalue weighted by Gasteiger charge is -2.04. The van der Waals surface area contributed by atoms with Gasteiger partial charge in [-0.2, -0.15) is 5.26 Å². The van der Waals surface area contributed by atoms with Crippen LogP contribution in [0.5, 0.6) is 0 Å². The summed E-state index contributed by atoms with van der Waals surface area (Å²) in [5.41, 5.74) is 0.356. The number of nitrogens with zero attached hydrogens (tertiary/aromatic N) is 1. The summed E-state index contributed by atoms with van der Waals surface area (Å²) < 4.78 is 13.9. The van der Waals surface area contributed by atoms with Crippen molar-refractivity contribution >= 4 is 27.7 Å². The molecule has 0 bridgehead atoms. The van der Waals surface area contributed by atoms with Crippen LogP contribution in [-0.2, 0) is 0 Å². The first-order chi connectivity index (χ1) is 8.19. The molecule has 0 unspecified atom stereocenters. The maximum absolute atomic E-state index is 13.0. The van der Waals surface area contributed by atoms with Crippen LogP contribution in [0, 0.1) is 17.1 Å². The Labute approximate surface area is 111 Å². The van der Waals surface area contributed by atoms with Gasteiger partial charge in [-0.15, -0.1) is 0 Å². The van der Waals surface area contributed by atoms with Crippen LogP contribution in [0.1, 0.15) is 5.56 Å². The lowest BCUT2D eigenvalue weighted by atomic mass is 10.2. The zero-order valence-corrected chi connectivity index (χ0v) is 11.1. The molecule has 1 nitrogen and oxygen atoms in total. The van der Waals surface area contributed by atoms with Crippen LogP contribution in [-0.4, -0.2) is 0 Å². The van der Waals surface area contributed by atoms with Crippen LogP contribution in [0.2, 0.25) is 0 Å². The van der Waals surface area contributed by atoms with E-state index >= 15 is 0 Å². The fraction of sp³-hybridized carbons (Fsp3) is 0. The van der Waals surface area contributed by atoms with E-state index < -0.39 is 0 Å². The summed E-state index contributed by atoms with van der Waals surface area (Å²) in [5, 5.41) is 8.94. The van der Waals surface area contributed by atoms with Crippen LogP contribution in [0.4, 0.5) is 4.39 Å². The van der Waals surface area contributed by atoms with E-state index in [1.807, 2.05) is 30.3 Å². The van der Waals surface area contributed by atoms with Gasteiger partial charge in [0.05, 0.1) is 5.56 Å². The molecule has 0 N–H and O–H groups in total. The van der Waals surface area contributed by atoms with E-state index in [0.717, 1.165) is 14.3 Å². The number of hydrogen-bond acceptors (Lipinski definition) is 2. The Morgan fingerprint density at radius 2 is 2.00 bits per heavy atom. The molecule has 0 aromatic heterocycles. The minimum absolute atomic E-state index is 0.356. The van der Waals surface area contributed by atoms with Crippen LogP contribution < -0.4 is 0 Å². The van der Waals surface area contributed by atoms with Crippen molar-refractivity contribution in [2.45, 2.75) is 9.79 Å². The second kappa shape index (κ2) is 5.35. The van der Waals surface area contributed by atoms with E-state index in [1.54, 1.807) is 6.07 Å². The number of nitriles is 1. The molecule has 0 saturated heterocycles. The minimum atomic E-state index is -0.389. The molecule has 2 rings (SSSR count). The molecule has 0 aliphatic heterocycles. The van der Waals surface area contributed by atoms with Gasteiger partial charge in [-0.3, -0.25) is 0 Å². The summed E-state index contributed by atoms with van der Waals surface area (Å²) in [6.45, 7) is 0. The number of halogens is 2. The van der Waals surface area contributed by atoms with Gasteiger partial charge in [0.25, 0.3) is 0 Å². The van der Waals surface area contributed by atoms with E-state index in [-0.39, 0.29) is 5.82 Å². The predicted molar refractivity (Wildman–Crippen MR) is 69.4 cm³/mol. The molecule has 0 amide bonds. The Morgan fingerprint density at radius 1 is 1.18 bits per heavy atom. The van der Waals surface area contributed by atoms with Crippen molar-refractivity contribution in [1.82, 2.24) is 0 Å². The lowest BCUT2D eigenvalue weighted by Crippen LogP contribution is -1.83. The normalized spacial score (nSPS) is 9.94. The maximum atomic E-state index is 13.0. The first-order valence-corrected chi connectivity index (χ1v) is 6.43. The largest absolute Gasteiger partial charge is 0.207 e. The molecular weight excluding hydrogens is 301 g/mol. The molecular formula is C13H7BrFNS. The van der Waals surface area contributed by atoms with Crippen molar-refractivity contribution in [3.05, 3.63) is 58.3 Å². The fourth-order valence-corrected chi connectivity index (χ4v) is 2.82. The summed E-state index contributed by atoms with van der Waals surface area (Å²) in [4.78, 5) is 1.76. The average Bonchev–Trinajstić information content (AvgIpc) is 2.31. The summed E-state index contributed by atoms with van der Waals surface area (Å²) in [7, 11) is 0. The number of rotatable bonds is 2. The molecule has 0 aliphatic carbocycles. The number of hydrogen-bond donors (Lipinski definition) is 0. The van der Waals surface area contributed by atoms with Gasteiger partial charge in [-0.1, -0.05) is 33.8 Å². The molecule has 17 heavy (non-hydrogen) atoms. The highest BCUT2D eigenvalue weighted by atomic mass is 79.9. The van der Waals surface area contributed by atoms with Gasteiger partial charge in [-0.25, -0.2) is 4.39 Å². The Hall–Kier alpha value is -1.31. The summed E-state index contributed by atoms with van der Waals surface area (Å²) in [6, 6.07) is 14.0. The first kappa shape index (κ1) is 12.2. The van der Waals surface area contributed by atoms with E-state index in [4.69, 9.17) is 5.26 Å². The average molecular weight is 308 g/mol. The third-order valence-corrected chi connectivity index (χ3v) is 3.64. The highest BCUT2D eigenvalue weighted by Gasteiger charge is 2.05. The van der Waals surface area contributed by atoms with Gasteiger partial charge < -0.3 is 0 Å². The van der Waals surface area contributed by atoms with Crippen LogP contribution in [0.15, 0.2) is 56.7 Å². The first-order valence-electron chi connectivity index (χ1n) is 4.82. The zero-order chi connectivity index (χ0) is 12.3. The van der Waals surface area contributed by atoms with Crippen molar-refractivity contribution in [3.63, 3.8) is 0 Å². The van der Waals surface area contributed by atoms with Gasteiger partial charge in [-0.05, 0) is 36.4 Å². The van der Waals surface area contributed by atoms with Gasteiger partial charge in [0.1, 0.15) is 11.9 Å². The van der Waals surface area contributed by atoms with E-state index in [1.165, 1.54) is 23.9 Å². The minimum Gasteiger partial charge on any atom is -0.207 e. The lowest BCUT2D eigenvalue weighted by molar-refractivity contribution is 0.626. The Morgan fingerprint density at radius 3 is 2.71 bits per heavy atom. The van der Waals surface area contributed by atoms with Crippen molar-refractivity contribution in [2.75, 3.05) is 0 Å².